The highest BCUT2D eigenvalue weighted by molar-refractivity contribution is 6.51. The van der Waals surface area contributed by atoms with E-state index in [9.17, 15) is 23.9 Å². The van der Waals surface area contributed by atoms with Gasteiger partial charge >= 0.3 is 5.97 Å². The standard InChI is InChI=1S/C27H22FNO6/c1-3-35-27(33)17-9-13-20(14-10-17)29-23(18-5-4-6-21(15-18)34-2)22(25(31)26(29)32)24(30)16-7-11-19(28)12-8-16/h4-15,23,30H,3H2,1-2H3/b24-22+. The molecule has 1 atom stereocenters. The van der Waals surface area contributed by atoms with Crippen molar-refractivity contribution in [2.75, 3.05) is 18.6 Å². The van der Waals surface area contributed by atoms with Crippen LogP contribution >= 0.6 is 0 Å². The first-order chi connectivity index (χ1) is 16.8. The molecule has 1 heterocycles. The molecular weight excluding hydrogens is 453 g/mol. The summed E-state index contributed by atoms with van der Waals surface area (Å²) >= 11 is 0. The average Bonchev–Trinajstić information content (AvgIpc) is 3.14. The van der Waals surface area contributed by atoms with Crippen LogP contribution in [0.3, 0.4) is 0 Å². The molecule has 1 aliphatic rings. The maximum Gasteiger partial charge on any atom is 0.338 e. The van der Waals surface area contributed by atoms with Crippen LogP contribution in [0.2, 0.25) is 0 Å². The van der Waals surface area contributed by atoms with E-state index in [1.165, 1.54) is 48.4 Å². The first kappa shape index (κ1) is 23.7. The van der Waals surface area contributed by atoms with E-state index in [4.69, 9.17) is 9.47 Å². The van der Waals surface area contributed by atoms with Gasteiger partial charge in [0.15, 0.2) is 0 Å². The van der Waals surface area contributed by atoms with Crippen LogP contribution in [0.1, 0.15) is 34.5 Å². The van der Waals surface area contributed by atoms with E-state index >= 15 is 0 Å². The molecule has 4 rings (SSSR count). The van der Waals surface area contributed by atoms with E-state index in [1.54, 1.807) is 31.2 Å². The molecule has 3 aromatic rings. The van der Waals surface area contributed by atoms with Crippen molar-refractivity contribution in [2.45, 2.75) is 13.0 Å². The van der Waals surface area contributed by atoms with Crippen LogP contribution < -0.4 is 9.64 Å². The zero-order valence-corrected chi connectivity index (χ0v) is 19.0. The van der Waals surface area contributed by atoms with E-state index in [0.29, 0.717) is 17.0 Å². The lowest BCUT2D eigenvalue weighted by molar-refractivity contribution is -0.132. The maximum absolute atomic E-state index is 13.4. The SMILES string of the molecule is CCOC(=O)c1ccc(N2C(=O)C(=O)/C(=C(/O)c3ccc(F)cc3)C2c2cccc(OC)c2)cc1. The number of aliphatic hydroxyl groups excluding tert-OH is 1. The zero-order valence-electron chi connectivity index (χ0n) is 19.0. The van der Waals surface area contributed by atoms with E-state index in [2.05, 4.69) is 0 Å². The molecule has 178 valence electrons. The third kappa shape index (κ3) is 4.50. The molecule has 0 saturated carbocycles. The number of anilines is 1. The third-order valence-corrected chi connectivity index (χ3v) is 5.63. The van der Waals surface area contributed by atoms with Gasteiger partial charge in [-0.05, 0) is 73.2 Å². The molecule has 0 aromatic heterocycles. The lowest BCUT2D eigenvalue weighted by atomic mass is 9.95. The van der Waals surface area contributed by atoms with Crippen molar-refractivity contribution in [3.05, 3.63) is 101 Å². The topological polar surface area (TPSA) is 93.1 Å². The van der Waals surface area contributed by atoms with Crippen molar-refractivity contribution in [1.82, 2.24) is 0 Å². The van der Waals surface area contributed by atoms with Gasteiger partial charge in [0.25, 0.3) is 11.7 Å². The van der Waals surface area contributed by atoms with Crippen LogP contribution in [0.15, 0.2) is 78.4 Å². The number of ether oxygens (including phenoxy) is 2. The Kier molecular flexibility index (Phi) is 6.64. The predicted octanol–water partition coefficient (Wildman–Crippen LogP) is 4.64. The van der Waals surface area contributed by atoms with Crippen molar-refractivity contribution in [3.8, 4) is 5.75 Å². The highest BCUT2D eigenvalue weighted by Crippen LogP contribution is 2.42. The molecular formula is C27H22FNO6. The molecule has 0 bridgehead atoms. The smallest absolute Gasteiger partial charge is 0.338 e. The lowest BCUT2D eigenvalue weighted by Gasteiger charge is -2.26. The number of hydrogen-bond acceptors (Lipinski definition) is 6. The fourth-order valence-electron chi connectivity index (χ4n) is 3.96. The molecule has 7 nitrogen and oxygen atoms in total. The Labute approximate surface area is 201 Å². The van der Waals surface area contributed by atoms with Gasteiger partial charge < -0.3 is 14.6 Å². The average molecular weight is 475 g/mol. The number of benzene rings is 3. The number of amides is 1. The van der Waals surface area contributed by atoms with Gasteiger partial charge in [-0.15, -0.1) is 0 Å². The Balaban J connectivity index is 1.87. The summed E-state index contributed by atoms with van der Waals surface area (Å²) in [6.07, 6.45) is 0. The first-order valence-electron chi connectivity index (χ1n) is 10.8. The molecule has 1 unspecified atom stereocenters. The largest absolute Gasteiger partial charge is 0.507 e. The van der Waals surface area contributed by atoms with E-state index < -0.39 is 35.3 Å². The number of halogens is 1. The Morgan fingerprint density at radius 1 is 1.00 bits per heavy atom. The van der Waals surface area contributed by atoms with Crippen LogP contribution in [0.5, 0.6) is 5.75 Å². The Bertz CT molecular complexity index is 1310. The summed E-state index contributed by atoms with van der Waals surface area (Å²) in [5.41, 5.74) is 1.18. The molecule has 1 fully saturated rings. The summed E-state index contributed by atoms with van der Waals surface area (Å²) in [5, 5.41) is 11.1. The fourth-order valence-corrected chi connectivity index (χ4v) is 3.96. The van der Waals surface area contributed by atoms with Gasteiger partial charge in [0.2, 0.25) is 0 Å². The van der Waals surface area contributed by atoms with Crippen molar-refractivity contribution < 1.29 is 33.4 Å². The summed E-state index contributed by atoms with van der Waals surface area (Å²) in [7, 11) is 1.49. The normalized spacial score (nSPS) is 16.9. The number of rotatable bonds is 6. The number of ketones is 1. The number of nitrogens with zero attached hydrogens (tertiary/aromatic N) is 1. The molecule has 1 saturated heterocycles. The van der Waals surface area contributed by atoms with Crippen molar-refractivity contribution in [3.63, 3.8) is 0 Å². The minimum Gasteiger partial charge on any atom is -0.507 e. The summed E-state index contributed by atoms with van der Waals surface area (Å²) in [6, 6.07) is 16.8. The quantitative estimate of drug-likeness (QED) is 0.242. The molecule has 0 radical (unpaired) electrons. The molecule has 8 heteroatoms. The number of methoxy groups -OCH3 is 1. The first-order valence-corrected chi connectivity index (χ1v) is 10.8. The van der Waals surface area contributed by atoms with E-state index in [0.717, 1.165) is 12.1 Å². The van der Waals surface area contributed by atoms with Crippen LogP contribution in [-0.4, -0.2) is 36.5 Å². The second-order valence-corrected chi connectivity index (χ2v) is 7.72. The zero-order chi connectivity index (χ0) is 25.1. The van der Waals surface area contributed by atoms with E-state index in [1.807, 2.05) is 0 Å². The third-order valence-electron chi connectivity index (χ3n) is 5.63. The van der Waals surface area contributed by atoms with Gasteiger partial charge in [0.1, 0.15) is 17.3 Å². The number of carbonyl (C=O) groups is 3. The second kappa shape index (κ2) is 9.80. The molecule has 0 aliphatic carbocycles. The number of aliphatic hydroxyl groups is 1. The summed E-state index contributed by atoms with van der Waals surface area (Å²) in [4.78, 5) is 39.7. The minimum absolute atomic E-state index is 0.149. The van der Waals surface area contributed by atoms with Gasteiger partial charge in [-0.3, -0.25) is 14.5 Å². The number of hydrogen-bond donors (Lipinski definition) is 1. The van der Waals surface area contributed by atoms with Gasteiger partial charge in [0, 0.05) is 11.3 Å². The number of esters is 1. The minimum atomic E-state index is -0.997. The predicted molar refractivity (Wildman–Crippen MR) is 127 cm³/mol. The Morgan fingerprint density at radius 3 is 2.29 bits per heavy atom. The highest BCUT2D eigenvalue weighted by Gasteiger charge is 2.47. The monoisotopic (exact) mass is 475 g/mol. The van der Waals surface area contributed by atoms with Crippen LogP contribution in [0.25, 0.3) is 5.76 Å². The lowest BCUT2D eigenvalue weighted by Crippen LogP contribution is -2.29. The van der Waals surface area contributed by atoms with E-state index in [-0.39, 0.29) is 23.3 Å². The fraction of sp³-hybridized carbons (Fsp3) is 0.148. The van der Waals surface area contributed by atoms with Crippen LogP contribution in [0, 0.1) is 5.82 Å². The van der Waals surface area contributed by atoms with Gasteiger partial charge in [-0.2, -0.15) is 0 Å². The van der Waals surface area contributed by atoms with Gasteiger partial charge in [-0.25, -0.2) is 9.18 Å². The molecule has 35 heavy (non-hydrogen) atoms. The summed E-state index contributed by atoms with van der Waals surface area (Å²) < 4.78 is 23.7. The molecule has 1 amide bonds. The Hall–Kier alpha value is -4.46. The van der Waals surface area contributed by atoms with Crippen LogP contribution in [-0.2, 0) is 14.3 Å². The van der Waals surface area contributed by atoms with Gasteiger partial charge in [-0.1, -0.05) is 12.1 Å². The summed E-state index contributed by atoms with van der Waals surface area (Å²) in [5.74, 6) is -2.70. The molecule has 1 aliphatic heterocycles. The Morgan fingerprint density at radius 2 is 1.66 bits per heavy atom. The van der Waals surface area contributed by atoms with Gasteiger partial charge in [0.05, 0.1) is 30.9 Å². The number of Topliss-reactive ketones (excluding diaryl/α,β-unsaturated/α-hetero) is 1. The van der Waals surface area contributed by atoms with Crippen molar-refractivity contribution >= 4 is 29.1 Å². The highest BCUT2D eigenvalue weighted by atomic mass is 19.1. The molecule has 3 aromatic carbocycles. The summed E-state index contributed by atoms with van der Waals surface area (Å²) in [6.45, 7) is 1.91. The van der Waals surface area contributed by atoms with Crippen molar-refractivity contribution in [1.29, 1.82) is 0 Å². The molecule has 0 spiro atoms. The number of carbonyl (C=O) groups excluding carboxylic acids is 3. The van der Waals surface area contributed by atoms with Crippen LogP contribution in [0.4, 0.5) is 10.1 Å². The maximum atomic E-state index is 13.4. The molecule has 1 N–H and O–H groups in total. The second-order valence-electron chi connectivity index (χ2n) is 7.72. The van der Waals surface area contributed by atoms with Crippen molar-refractivity contribution in [2.24, 2.45) is 0 Å².